The summed E-state index contributed by atoms with van der Waals surface area (Å²) in [4.78, 5) is 5.02. The van der Waals surface area contributed by atoms with Crippen LogP contribution in [0.25, 0.3) is 21.3 Å². The molecular weight excluding hydrogens is 340 g/mol. The standard InChI is InChI=1S/C21H14N4S/c1-22-20-18(15-9-4-7-13-6-2-3-8-14(13)15)16-12-23-25-21(16)24-19(20)17-10-5-11-26-17/h2-12,18H,(H2,23,24,25). The lowest BCUT2D eigenvalue weighted by molar-refractivity contribution is 0.978. The molecule has 0 amide bonds. The van der Waals surface area contributed by atoms with Crippen molar-refractivity contribution < 1.29 is 0 Å². The summed E-state index contributed by atoms with van der Waals surface area (Å²) >= 11 is 1.63. The second-order valence-corrected chi connectivity index (χ2v) is 7.12. The van der Waals surface area contributed by atoms with Gasteiger partial charge in [0, 0.05) is 10.4 Å². The second-order valence-electron chi connectivity index (χ2n) is 6.18. The molecule has 4 aromatic rings. The van der Waals surface area contributed by atoms with Crippen LogP contribution in [-0.4, -0.2) is 10.2 Å². The van der Waals surface area contributed by atoms with Gasteiger partial charge in [-0.2, -0.15) is 5.10 Å². The summed E-state index contributed by atoms with van der Waals surface area (Å²) < 4.78 is 0. The lowest BCUT2D eigenvalue weighted by Crippen LogP contribution is -2.16. The average molecular weight is 354 g/mol. The molecule has 5 rings (SSSR count). The topological polar surface area (TPSA) is 45.1 Å². The molecule has 0 radical (unpaired) electrons. The van der Waals surface area contributed by atoms with Crippen LogP contribution in [0.3, 0.4) is 0 Å². The summed E-state index contributed by atoms with van der Waals surface area (Å²) in [6.07, 6.45) is 1.82. The van der Waals surface area contributed by atoms with Crippen LogP contribution in [0.1, 0.15) is 21.9 Å². The third kappa shape index (κ3) is 2.17. The van der Waals surface area contributed by atoms with E-state index in [0.29, 0.717) is 5.70 Å². The number of hydrogen-bond acceptors (Lipinski definition) is 3. The van der Waals surface area contributed by atoms with Crippen molar-refractivity contribution in [2.45, 2.75) is 5.92 Å². The lowest BCUT2D eigenvalue weighted by Gasteiger charge is -2.26. The zero-order valence-corrected chi connectivity index (χ0v) is 14.5. The number of nitrogens with one attached hydrogen (secondary N) is 2. The molecule has 1 atom stereocenters. The van der Waals surface area contributed by atoms with Crippen molar-refractivity contribution in [3.63, 3.8) is 0 Å². The van der Waals surface area contributed by atoms with E-state index in [9.17, 15) is 0 Å². The van der Waals surface area contributed by atoms with Gasteiger partial charge in [-0.25, -0.2) is 4.85 Å². The average Bonchev–Trinajstić information content (AvgIpc) is 3.37. The van der Waals surface area contributed by atoms with Gasteiger partial charge in [0.05, 0.1) is 24.4 Å². The highest BCUT2D eigenvalue weighted by atomic mass is 32.1. The predicted octanol–water partition coefficient (Wildman–Crippen LogP) is 5.47. The molecular formula is C21H14N4S. The summed E-state index contributed by atoms with van der Waals surface area (Å²) in [5.74, 6) is 0.712. The van der Waals surface area contributed by atoms with Crippen LogP contribution in [0.15, 0.2) is 71.9 Å². The molecule has 3 heterocycles. The Morgan fingerprint density at radius 2 is 1.88 bits per heavy atom. The molecule has 1 unspecified atom stereocenters. The number of rotatable bonds is 2. The molecule has 2 aromatic heterocycles. The normalized spacial score (nSPS) is 16.2. The van der Waals surface area contributed by atoms with E-state index in [1.165, 1.54) is 10.8 Å². The number of benzene rings is 2. The van der Waals surface area contributed by atoms with E-state index in [1.54, 1.807) is 11.3 Å². The lowest BCUT2D eigenvalue weighted by atomic mass is 9.84. The fraction of sp³-hybridized carbons (Fsp3) is 0.0476. The number of fused-ring (bicyclic) bond motifs is 2. The highest BCUT2D eigenvalue weighted by Gasteiger charge is 2.33. The number of thiophene rings is 1. The first-order valence-corrected chi connectivity index (χ1v) is 9.18. The van der Waals surface area contributed by atoms with Crippen molar-refractivity contribution in [1.29, 1.82) is 0 Å². The number of hydrogen-bond donors (Lipinski definition) is 2. The molecule has 2 N–H and O–H groups in total. The third-order valence-corrected chi connectivity index (χ3v) is 5.67. The number of allylic oxidation sites excluding steroid dienone is 1. The van der Waals surface area contributed by atoms with Gasteiger partial charge in [-0.05, 0) is 27.8 Å². The highest BCUT2D eigenvalue weighted by molar-refractivity contribution is 7.11. The Morgan fingerprint density at radius 3 is 2.73 bits per heavy atom. The number of aromatic nitrogens is 2. The van der Waals surface area contributed by atoms with Crippen LogP contribution in [0, 0.1) is 6.57 Å². The number of anilines is 1. The number of aromatic amines is 1. The molecule has 0 aliphatic carbocycles. The molecule has 2 aromatic carbocycles. The van der Waals surface area contributed by atoms with Crippen molar-refractivity contribution in [1.82, 2.24) is 10.2 Å². The van der Waals surface area contributed by atoms with Gasteiger partial charge >= 0.3 is 0 Å². The maximum atomic E-state index is 7.91. The summed E-state index contributed by atoms with van der Waals surface area (Å²) in [5, 5.41) is 15.0. The van der Waals surface area contributed by atoms with Crippen LogP contribution in [0.4, 0.5) is 5.82 Å². The van der Waals surface area contributed by atoms with Gasteiger partial charge in [-0.1, -0.05) is 48.5 Å². The molecule has 5 heteroatoms. The van der Waals surface area contributed by atoms with Crippen molar-refractivity contribution in [2.24, 2.45) is 0 Å². The largest absolute Gasteiger partial charge is 0.349 e. The van der Waals surface area contributed by atoms with Crippen molar-refractivity contribution in [3.05, 3.63) is 99.3 Å². The first-order valence-electron chi connectivity index (χ1n) is 8.30. The first-order chi connectivity index (χ1) is 12.9. The maximum absolute atomic E-state index is 7.91. The molecule has 0 spiro atoms. The summed E-state index contributed by atoms with van der Waals surface area (Å²) in [6, 6.07) is 18.7. The smallest absolute Gasteiger partial charge is 0.201 e. The molecule has 124 valence electrons. The molecule has 0 saturated carbocycles. The molecule has 4 nitrogen and oxygen atoms in total. The number of nitrogens with zero attached hydrogens (tertiary/aromatic N) is 2. The Bertz CT molecular complexity index is 1170. The van der Waals surface area contributed by atoms with Gasteiger partial charge in [0.15, 0.2) is 0 Å². The Morgan fingerprint density at radius 1 is 1.00 bits per heavy atom. The minimum atomic E-state index is -0.148. The van der Waals surface area contributed by atoms with Crippen LogP contribution in [-0.2, 0) is 0 Å². The van der Waals surface area contributed by atoms with Crippen LogP contribution >= 0.6 is 11.3 Å². The van der Waals surface area contributed by atoms with Crippen LogP contribution < -0.4 is 5.32 Å². The van der Waals surface area contributed by atoms with Gasteiger partial charge in [0.1, 0.15) is 5.82 Å². The van der Waals surface area contributed by atoms with E-state index >= 15 is 0 Å². The van der Waals surface area contributed by atoms with Crippen molar-refractivity contribution in [3.8, 4) is 0 Å². The Hall–Kier alpha value is -3.36. The fourth-order valence-corrected chi connectivity index (χ4v) is 4.38. The fourth-order valence-electron chi connectivity index (χ4n) is 3.64. The van der Waals surface area contributed by atoms with E-state index in [-0.39, 0.29) is 5.92 Å². The molecule has 26 heavy (non-hydrogen) atoms. The van der Waals surface area contributed by atoms with E-state index in [0.717, 1.165) is 27.5 Å². The molecule has 0 bridgehead atoms. The quantitative estimate of drug-likeness (QED) is 0.469. The monoisotopic (exact) mass is 354 g/mol. The Kier molecular flexibility index (Phi) is 3.37. The van der Waals surface area contributed by atoms with Crippen molar-refractivity contribution >= 4 is 33.6 Å². The van der Waals surface area contributed by atoms with Gasteiger partial charge in [0.2, 0.25) is 5.70 Å². The van der Waals surface area contributed by atoms with E-state index in [1.807, 2.05) is 35.8 Å². The zero-order chi connectivity index (χ0) is 17.5. The van der Waals surface area contributed by atoms with Gasteiger partial charge in [-0.3, -0.25) is 5.10 Å². The molecule has 1 aliphatic heterocycles. The summed E-state index contributed by atoms with van der Waals surface area (Å²) in [7, 11) is 0. The number of H-pyrrole nitrogens is 1. The molecule has 1 aliphatic rings. The first kappa shape index (κ1) is 14.9. The van der Waals surface area contributed by atoms with Crippen molar-refractivity contribution in [2.75, 3.05) is 5.32 Å². The second kappa shape index (κ2) is 5.87. The van der Waals surface area contributed by atoms with Gasteiger partial charge < -0.3 is 5.32 Å². The predicted molar refractivity (Wildman–Crippen MR) is 106 cm³/mol. The minimum absolute atomic E-state index is 0.148. The van der Waals surface area contributed by atoms with E-state index < -0.39 is 0 Å². The maximum Gasteiger partial charge on any atom is 0.201 e. The molecule has 0 saturated heterocycles. The third-order valence-electron chi connectivity index (χ3n) is 4.78. The minimum Gasteiger partial charge on any atom is -0.349 e. The van der Waals surface area contributed by atoms with E-state index in [4.69, 9.17) is 6.57 Å². The SMILES string of the molecule is [C-]#[N+]C1=C(c2cccs2)Nc2[nH]ncc2C1c1cccc2ccccc12. The zero-order valence-electron chi connectivity index (χ0n) is 13.7. The van der Waals surface area contributed by atoms with Gasteiger partial charge in [-0.15, -0.1) is 11.3 Å². The summed E-state index contributed by atoms with van der Waals surface area (Å²) in [5.41, 5.74) is 3.71. The Labute approximate surface area is 154 Å². The van der Waals surface area contributed by atoms with Crippen LogP contribution in [0.2, 0.25) is 0 Å². The summed E-state index contributed by atoms with van der Waals surface area (Å²) in [6.45, 7) is 7.91. The van der Waals surface area contributed by atoms with Crippen LogP contribution in [0.5, 0.6) is 0 Å². The van der Waals surface area contributed by atoms with Gasteiger partial charge in [0.25, 0.3) is 0 Å². The highest BCUT2D eigenvalue weighted by Crippen LogP contribution is 2.46. The van der Waals surface area contributed by atoms with E-state index in [2.05, 4.69) is 50.7 Å². The Balaban J connectivity index is 1.82. The molecule has 0 fully saturated rings.